The van der Waals surface area contributed by atoms with E-state index in [1.165, 1.54) is 31.1 Å². The van der Waals surface area contributed by atoms with Crippen LogP contribution in [0, 0.1) is 12.8 Å². The van der Waals surface area contributed by atoms with Crippen LogP contribution in [0.4, 0.5) is 0 Å². The van der Waals surface area contributed by atoms with Crippen molar-refractivity contribution < 1.29 is 34.8 Å². The van der Waals surface area contributed by atoms with E-state index in [2.05, 4.69) is 0 Å². The average molecular weight is 497 g/mol. The number of carbonyl (C=O) groups is 3. The van der Waals surface area contributed by atoms with Gasteiger partial charge in [-0.3, -0.25) is 19.3 Å². The van der Waals surface area contributed by atoms with Crippen LogP contribution in [0.3, 0.4) is 0 Å². The van der Waals surface area contributed by atoms with Crippen molar-refractivity contribution in [1.82, 2.24) is 4.90 Å². The Balaban J connectivity index is 0.00000306. The molecule has 0 saturated heterocycles. The number of phenols is 2. The number of aryl methyl sites for hydroxylation is 1. The number of primary amides is 1. The number of fused-ring (bicyclic) bond motifs is 3. The molecule has 0 aromatic heterocycles. The van der Waals surface area contributed by atoms with Crippen LogP contribution in [0.25, 0.3) is 10.8 Å². The number of nitrogens with two attached hydrogens (primary N) is 1. The van der Waals surface area contributed by atoms with Crippen LogP contribution < -0.4 is 5.73 Å². The van der Waals surface area contributed by atoms with Gasteiger partial charge in [0.15, 0.2) is 11.4 Å². The number of Topliss-reactive ketones (excluding diaryl/α,β-unsaturated/α-hetero) is 2. The van der Waals surface area contributed by atoms with Crippen LogP contribution in [0.15, 0.2) is 23.5 Å². The second-order valence-corrected chi connectivity index (χ2v) is 8.82. The fourth-order valence-corrected chi connectivity index (χ4v) is 5.40. The molecule has 6 N–H and O–H groups in total. The Hall–Kier alpha value is -2.85. The molecular weight excluding hydrogens is 475 g/mol. The molecule has 0 aliphatic heterocycles. The molecule has 11 heteroatoms. The van der Waals surface area contributed by atoms with Crippen molar-refractivity contribution in [3.8, 4) is 11.5 Å². The van der Waals surface area contributed by atoms with Gasteiger partial charge in [-0.15, -0.1) is 12.4 Å². The highest BCUT2D eigenvalue weighted by molar-refractivity contribution is 6.37. The first kappa shape index (κ1) is 24.8. The monoisotopic (exact) mass is 496 g/mol. The highest BCUT2D eigenvalue weighted by Gasteiger charge is 2.62. The average Bonchev–Trinajstić information content (AvgIpc) is 2.69. The van der Waals surface area contributed by atoms with Crippen LogP contribution in [0.5, 0.6) is 11.5 Å². The summed E-state index contributed by atoms with van der Waals surface area (Å²) in [5.74, 6) is -6.49. The molecule has 0 spiro atoms. The quantitative estimate of drug-likeness (QED) is 0.391. The summed E-state index contributed by atoms with van der Waals surface area (Å²) in [6.45, 7) is 1.64. The number of aliphatic hydroxyl groups excluding tert-OH is 1. The van der Waals surface area contributed by atoms with E-state index in [1.807, 2.05) is 0 Å². The number of halogens is 2. The normalized spacial score (nSPS) is 24.5. The predicted octanol–water partition coefficient (Wildman–Crippen LogP) is 1.53. The number of benzene rings is 2. The minimum atomic E-state index is -2.69. The first-order chi connectivity index (χ1) is 14.8. The lowest BCUT2D eigenvalue weighted by molar-refractivity contribution is -0.132. The molecule has 2 aromatic rings. The summed E-state index contributed by atoms with van der Waals surface area (Å²) >= 11 is 6.31. The third-order valence-corrected chi connectivity index (χ3v) is 6.88. The lowest BCUT2D eigenvalue weighted by Gasteiger charge is -2.47. The molecule has 4 rings (SSSR count). The first-order valence-electron chi connectivity index (χ1n) is 9.72. The van der Waals surface area contributed by atoms with E-state index in [4.69, 9.17) is 17.3 Å². The smallest absolute Gasteiger partial charge is 0.255 e. The van der Waals surface area contributed by atoms with Gasteiger partial charge in [-0.05, 0) is 50.7 Å². The predicted molar refractivity (Wildman–Crippen MR) is 122 cm³/mol. The number of aliphatic hydroxyl groups is 2. The summed E-state index contributed by atoms with van der Waals surface area (Å²) in [5, 5.41) is 44.0. The lowest BCUT2D eigenvalue weighted by atomic mass is 9.61. The third-order valence-electron chi connectivity index (χ3n) is 6.57. The summed E-state index contributed by atoms with van der Waals surface area (Å²) in [6, 6.07) is 1.54. The second-order valence-electron chi connectivity index (χ2n) is 8.41. The van der Waals surface area contributed by atoms with Crippen molar-refractivity contribution in [2.24, 2.45) is 11.7 Å². The van der Waals surface area contributed by atoms with E-state index in [9.17, 15) is 34.8 Å². The molecule has 33 heavy (non-hydrogen) atoms. The fraction of sp³-hybridized carbons (Fsp3) is 0.318. The van der Waals surface area contributed by atoms with Crippen molar-refractivity contribution in [3.05, 3.63) is 45.2 Å². The first-order valence-corrected chi connectivity index (χ1v) is 10.1. The Morgan fingerprint density at radius 3 is 2.33 bits per heavy atom. The van der Waals surface area contributed by atoms with Crippen LogP contribution in [0.1, 0.15) is 21.5 Å². The minimum Gasteiger partial charge on any atom is -0.508 e. The van der Waals surface area contributed by atoms with Gasteiger partial charge in [0.1, 0.15) is 22.8 Å². The maximum absolute atomic E-state index is 13.6. The highest BCUT2D eigenvalue weighted by atomic mass is 35.5. The maximum Gasteiger partial charge on any atom is 0.255 e. The summed E-state index contributed by atoms with van der Waals surface area (Å²) in [6.07, 6.45) is -0.108. The summed E-state index contributed by atoms with van der Waals surface area (Å²) in [7, 11) is 3.06. The van der Waals surface area contributed by atoms with Crippen LogP contribution in [-0.2, 0) is 16.0 Å². The second kappa shape index (κ2) is 7.88. The number of likely N-dealkylation sites (N-methyl/N-ethyl adjacent to an activating group) is 1. The van der Waals surface area contributed by atoms with Crippen molar-refractivity contribution in [2.45, 2.75) is 25.0 Å². The third kappa shape index (κ3) is 3.03. The molecule has 0 radical (unpaired) electrons. The van der Waals surface area contributed by atoms with E-state index >= 15 is 0 Å². The number of amides is 1. The van der Waals surface area contributed by atoms with Gasteiger partial charge in [0.25, 0.3) is 5.91 Å². The standard InChI is InChI=1S/C22H21ClN2O7.ClH/c1-7-8-6-9-16(25(2)3)18(28)15(21(24)31)20(30)22(9,32)19(29)13(8)17(27)14-11(26)5-4-10(23)12(7)14;/h4-5,9,16,26-27,30,32H,6H2,1-3H3,(H2,24,31);1H/t9-,16+,22-;/m1./s1. The topological polar surface area (TPSA) is 161 Å². The molecule has 176 valence electrons. The zero-order chi connectivity index (χ0) is 23.9. The fourth-order valence-electron chi connectivity index (χ4n) is 5.10. The van der Waals surface area contributed by atoms with Gasteiger partial charge in [0.2, 0.25) is 5.78 Å². The van der Waals surface area contributed by atoms with Crippen LogP contribution in [-0.4, -0.2) is 68.5 Å². The Kier molecular flexibility index (Phi) is 5.92. The van der Waals surface area contributed by atoms with E-state index < -0.39 is 52.1 Å². The molecule has 2 aliphatic carbocycles. The molecule has 0 fully saturated rings. The maximum atomic E-state index is 13.6. The number of ketones is 2. The molecule has 2 aliphatic rings. The van der Waals surface area contributed by atoms with Gasteiger partial charge in [0.05, 0.1) is 17.0 Å². The van der Waals surface area contributed by atoms with Crippen LogP contribution in [0.2, 0.25) is 5.02 Å². The minimum absolute atomic E-state index is 0. The number of hydrogen-bond donors (Lipinski definition) is 5. The van der Waals surface area contributed by atoms with Gasteiger partial charge in [-0.2, -0.15) is 0 Å². The van der Waals surface area contributed by atoms with Gasteiger partial charge < -0.3 is 26.2 Å². The Bertz CT molecular complexity index is 1290. The van der Waals surface area contributed by atoms with Crippen molar-refractivity contribution in [1.29, 1.82) is 0 Å². The van der Waals surface area contributed by atoms with E-state index in [1.54, 1.807) is 6.92 Å². The van der Waals surface area contributed by atoms with Crippen LogP contribution >= 0.6 is 24.0 Å². The van der Waals surface area contributed by atoms with E-state index in [-0.39, 0.29) is 40.5 Å². The lowest BCUT2D eigenvalue weighted by Crippen LogP contribution is -2.64. The zero-order valence-corrected chi connectivity index (χ0v) is 19.4. The van der Waals surface area contributed by atoms with Crippen molar-refractivity contribution in [3.63, 3.8) is 0 Å². The summed E-state index contributed by atoms with van der Waals surface area (Å²) < 4.78 is 0. The van der Waals surface area contributed by atoms with Gasteiger partial charge in [0, 0.05) is 16.3 Å². The molecule has 2 aromatic carbocycles. The van der Waals surface area contributed by atoms with Crippen molar-refractivity contribution in [2.75, 3.05) is 14.1 Å². The molecule has 9 nitrogen and oxygen atoms in total. The highest BCUT2D eigenvalue weighted by Crippen LogP contribution is 2.51. The summed E-state index contributed by atoms with van der Waals surface area (Å²) in [5.41, 5.74) is 2.19. The van der Waals surface area contributed by atoms with E-state index in [0.29, 0.717) is 16.5 Å². The molecule has 0 unspecified atom stereocenters. The Morgan fingerprint density at radius 1 is 1.18 bits per heavy atom. The van der Waals surface area contributed by atoms with E-state index in [0.717, 1.165) is 0 Å². The Morgan fingerprint density at radius 2 is 1.79 bits per heavy atom. The Labute approximate surface area is 199 Å². The molecule has 3 atom stereocenters. The molecule has 0 heterocycles. The van der Waals surface area contributed by atoms with Gasteiger partial charge in [-0.1, -0.05) is 11.6 Å². The largest absolute Gasteiger partial charge is 0.508 e. The molecule has 0 saturated carbocycles. The van der Waals surface area contributed by atoms with Gasteiger partial charge in [-0.25, -0.2) is 0 Å². The molecule has 1 amide bonds. The number of phenolic OH excluding ortho intramolecular Hbond substituents is 2. The number of nitrogens with zero attached hydrogens (tertiary/aromatic N) is 1. The summed E-state index contributed by atoms with van der Waals surface area (Å²) in [4.78, 5) is 40.0. The molecule has 0 bridgehead atoms. The number of carbonyl (C=O) groups excluding carboxylic acids is 3. The molecular formula is C22H22Cl2N2O7. The number of rotatable bonds is 2. The van der Waals surface area contributed by atoms with Crippen molar-refractivity contribution >= 4 is 52.3 Å². The SMILES string of the molecule is Cc1c2c(c(O)c3c(O)ccc(Cl)c13)C(=O)[C@@]1(O)C(O)=C(C(N)=O)C(=O)[C@@H](N(C)C)[C@H]1C2.Cl. The zero-order valence-electron chi connectivity index (χ0n) is 17.8. The number of hydrogen-bond acceptors (Lipinski definition) is 8. The van der Waals surface area contributed by atoms with Gasteiger partial charge >= 0.3 is 0 Å². The number of aromatic hydroxyl groups is 2.